The molecule has 0 saturated heterocycles. The van der Waals surface area contributed by atoms with Crippen LogP contribution < -0.4 is 4.74 Å². The van der Waals surface area contributed by atoms with Crippen LogP contribution in [0.25, 0.3) is 0 Å². The monoisotopic (exact) mass is 204 g/mol. The molecule has 1 aliphatic rings. The van der Waals surface area contributed by atoms with Gasteiger partial charge in [0.1, 0.15) is 11.9 Å². The molecule has 0 fully saturated rings. The molecule has 1 aromatic rings. The summed E-state index contributed by atoms with van der Waals surface area (Å²) >= 11 is 0. The van der Waals surface area contributed by atoms with E-state index in [1.54, 1.807) is 0 Å². The quantitative estimate of drug-likeness (QED) is 0.679. The minimum Gasteiger partial charge on any atom is -0.489 e. The second kappa shape index (κ2) is 3.55. The first-order valence-electron chi connectivity index (χ1n) is 5.79. The van der Waals surface area contributed by atoms with Crippen LogP contribution in [0.3, 0.4) is 0 Å². The Bertz CT molecular complexity index is 360. The summed E-state index contributed by atoms with van der Waals surface area (Å²) in [4.78, 5) is 0. The third-order valence-corrected chi connectivity index (χ3v) is 3.17. The van der Waals surface area contributed by atoms with Crippen molar-refractivity contribution >= 4 is 0 Å². The highest BCUT2D eigenvalue weighted by molar-refractivity contribution is 5.41. The van der Waals surface area contributed by atoms with Crippen molar-refractivity contribution in [3.8, 4) is 5.75 Å². The molecule has 1 nitrogen and oxygen atoms in total. The molecule has 0 spiro atoms. The van der Waals surface area contributed by atoms with Gasteiger partial charge in [-0.25, -0.2) is 0 Å². The molecule has 1 heteroatoms. The van der Waals surface area contributed by atoms with Crippen LogP contribution in [0.15, 0.2) is 18.2 Å². The standard InChI is InChI=1S/C14H20O/c1-5-10-6-7-12-11(8-10)9-13(15-12)14(2,3)4/h6-8,13H,5,9H2,1-4H3. The smallest absolute Gasteiger partial charge is 0.123 e. The fourth-order valence-electron chi connectivity index (χ4n) is 2.00. The summed E-state index contributed by atoms with van der Waals surface area (Å²) in [6.45, 7) is 8.91. The lowest BCUT2D eigenvalue weighted by Crippen LogP contribution is -2.30. The topological polar surface area (TPSA) is 9.23 Å². The Hall–Kier alpha value is -0.980. The van der Waals surface area contributed by atoms with Gasteiger partial charge in [0, 0.05) is 6.42 Å². The molecule has 0 aromatic heterocycles. The van der Waals surface area contributed by atoms with Gasteiger partial charge in [0.05, 0.1) is 0 Å². The Morgan fingerprint density at radius 1 is 1.33 bits per heavy atom. The van der Waals surface area contributed by atoms with E-state index in [0.717, 1.165) is 18.6 Å². The zero-order chi connectivity index (χ0) is 11.1. The molecular weight excluding hydrogens is 184 g/mol. The summed E-state index contributed by atoms with van der Waals surface area (Å²) in [5.41, 5.74) is 3.02. The average Bonchev–Trinajstić information content (AvgIpc) is 2.59. The molecule has 1 heterocycles. The van der Waals surface area contributed by atoms with Crippen LogP contribution in [-0.2, 0) is 12.8 Å². The molecule has 1 atom stereocenters. The summed E-state index contributed by atoms with van der Waals surface area (Å²) in [7, 11) is 0. The predicted octanol–water partition coefficient (Wildman–Crippen LogP) is 3.60. The van der Waals surface area contributed by atoms with E-state index < -0.39 is 0 Å². The minimum atomic E-state index is 0.228. The molecule has 0 bridgehead atoms. The Balaban J connectivity index is 2.24. The second-order valence-corrected chi connectivity index (χ2v) is 5.47. The van der Waals surface area contributed by atoms with Gasteiger partial charge in [-0.1, -0.05) is 39.8 Å². The molecule has 1 aliphatic heterocycles. The fraction of sp³-hybridized carbons (Fsp3) is 0.571. The Labute approximate surface area is 92.5 Å². The highest BCUT2D eigenvalue weighted by Gasteiger charge is 2.32. The van der Waals surface area contributed by atoms with Gasteiger partial charge in [0.15, 0.2) is 0 Å². The Morgan fingerprint density at radius 3 is 2.67 bits per heavy atom. The van der Waals surface area contributed by atoms with Gasteiger partial charge in [-0.3, -0.25) is 0 Å². The lowest BCUT2D eigenvalue weighted by atomic mass is 9.86. The summed E-state index contributed by atoms with van der Waals surface area (Å²) in [6, 6.07) is 6.59. The van der Waals surface area contributed by atoms with E-state index in [0.29, 0.717) is 6.10 Å². The zero-order valence-corrected chi connectivity index (χ0v) is 10.1. The molecule has 1 aromatic carbocycles. The molecule has 0 radical (unpaired) electrons. The number of fused-ring (bicyclic) bond motifs is 1. The summed E-state index contributed by atoms with van der Waals surface area (Å²) in [5.74, 6) is 1.09. The van der Waals surface area contributed by atoms with Gasteiger partial charge in [0.25, 0.3) is 0 Å². The van der Waals surface area contributed by atoms with Gasteiger partial charge >= 0.3 is 0 Å². The van der Waals surface area contributed by atoms with Crippen LogP contribution in [0.2, 0.25) is 0 Å². The normalized spacial score (nSPS) is 19.9. The Morgan fingerprint density at radius 2 is 2.07 bits per heavy atom. The lowest BCUT2D eigenvalue weighted by Gasteiger charge is -2.25. The first kappa shape index (κ1) is 10.5. The van der Waals surface area contributed by atoms with Crippen molar-refractivity contribution in [1.29, 1.82) is 0 Å². The van der Waals surface area contributed by atoms with Crippen molar-refractivity contribution in [2.75, 3.05) is 0 Å². The summed E-state index contributed by atoms with van der Waals surface area (Å²) in [5, 5.41) is 0. The molecule has 1 unspecified atom stereocenters. The number of hydrogen-bond acceptors (Lipinski definition) is 1. The van der Waals surface area contributed by atoms with Crippen LogP contribution in [0.4, 0.5) is 0 Å². The van der Waals surface area contributed by atoms with E-state index in [-0.39, 0.29) is 5.41 Å². The number of aryl methyl sites for hydroxylation is 1. The van der Waals surface area contributed by atoms with E-state index >= 15 is 0 Å². The largest absolute Gasteiger partial charge is 0.489 e. The van der Waals surface area contributed by atoms with Crippen molar-refractivity contribution < 1.29 is 4.74 Å². The first-order valence-corrected chi connectivity index (χ1v) is 5.79. The lowest BCUT2D eigenvalue weighted by molar-refractivity contribution is 0.109. The van der Waals surface area contributed by atoms with E-state index in [2.05, 4.69) is 45.9 Å². The highest BCUT2D eigenvalue weighted by atomic mass is 16.5. The van der Waals surface area contributed by atoms with E-state index in [1.807, 2.05) is 0 Å². The third-order valence-electron chi connectivity index (χ3n) is 3.17. The van der Waals surface area contributed by atoms with Gasteiger partial charge < -0.3 is 4.74 Å². The molecule has 0 amide bonds. The fourth-order valence-corrected chi connectivity index (χ4v) is 2.00. The number of benzene rings is 1. The van der Waals surface area contributed by atoms with Gasteiger partial charge in [-0.05, 0) is 29.0 Å². The predicted molar refractivity (Wildman–Crippen MR) is 63.4 cm³/mol. The molecule has 0 N–H and O–H groups in total. The van der Waals surface area contributed by atoms with Crippen molar-refractivity contribution in [2.45, 2.75) is 46.6 Å². The maximum atomic E-state index is 5.97. The van der Waals surface area contributed by atoms with E-state index in [4.69, 9.17) is 4.74 Å². The Kier molecular flexibility index (Phi) is 2.49. The molecule has 0 saturated carbocycles. The SMILES string of the molecule is CCc1ccc2c(c1)CC(C(C)(C)C)O2. The summed E-state index contributed by atoms with van der Waals surface area (Å²) < 4.78 is 5.97. The van der Waals surface area contributed by atoms with Crippen LogP contribution >= 0.6 is 0 Å². The second-order valence-electron chi connectivity index (χ2n) is 5.47. The maximum absolute atomic E-state index is 5.97. The highest BCUT2D eigenvalue weighted by Crippen LogP contribution is 2.36. The maximum Gasteiger partial charge on any atom is 0.123 e. The van der Waals surface area contributed by atoms with Gasteiger partial charge in [-0.2, -0.15) is 0 Å². The van der Waals surface area contributed by atoms with Gasteiger partial charge in [-0.15, -0.1) is 0 Å². The first-order chi connectivity index (χ1) is 7.00. The molecular formula is C14H20O. The minimum absolute atomic E-state index is 0.228. The molecule has 15 heavy (non-hydrogen) atoms. The molecule has 82 valence electrons. The number of ether oxygens (including phenoxy) is 1. The number of rotatable bonds is 1. The average molecular weight is 204 g/mol. The van der Waals surface area contributed by atoms with E-state index in [9.17, 15) is 0 Å². The van der Waals surface area contributed by atoms with E-state index in [1.165, 1.54) is 11.1 Å². The van der Waals surface area contributed by atoms with Crippen molar-refractivity contribution in [3.05, 3.63) is 29.3 Å². The van der Waals surface area contributed by atoms with Crippen molar-refractivity contribution in [2.24, 2.45) is 5.41 Å². The third kappa shape index (κ3) is 2.01. The summed E-state index contributed by atoms with van der Waals surface area (Å²) in [6.07, 6.45) is 2.50. The zero-order valence-electron chi connectivity index (χ0n) is 10.1. The molecule has 0 aliphatic carbocycles. The van der Waals surface area contributed by atoms with Crippen molar-refractivity contribution in [1.82, 2.24) is 0 Å². The number of hydrogen-bond donors (Lipinski definition) is 0. The van der Waals surface area contributed by atoms with Crippen LogP contribution in [0, 0.1) is 5.41 Å². The van der Waals surface area contributed by atoms with Crippen LogP contribution in [0.1, 0.15) is 38.8 Å². The molecule has 2 rings (SSSR count). The van der Waals surface area contributed by atoms with Crippen molar-refractivity contribution in [3.63, 3.8) is 0 Å². The van der Waals surface area contributed by atoms with Gasteiger partial charge in [0.2, 0.25) is 0 Å². The van der Waals surface area contributed by atoms with Crippen LogP contribution in [-0.4, -0.2) is 6.10 Å². The van der Waals surface area contributed by atoms with Crippen LogP contribution in [0.5, 0.6) is 5.75 Å².